The van der Waals surface area contributed by atoms with Gasteiger partial charge in [-0.05, 0) is 33.6 Å². The highest BCUT2D eigenvalue weighted by Gasteiger charge is 2.36. The number of nitrogens with two attached hydrogens (primary N) is 1. The van der Waals surface area contributed by atoms with Crippen molar-refractivity contribution in [3.05, 3.63) is 0 Å². The van der Waals surface area contributed by atoms with E-state index in [9.17, 15) is 9.59 Å². The number of amides is 2. The van der Waals surface area contributed by atoms with Gasteiger partial charge in [0.15, 0.2) is 0 Å². The van der Waals surface area contributed by atoms with Crippen LogP contribution in [-0.2, 0) is 9.59 Å². The number of carbonyl (C=O) groups excluding carboxylic acids is 2. The topological polar surface area (TPSA) is 84.2 Å². The summed E-state index contributed by atoms with van der Waals surface area (Å²) >= 11 is 0. The van der Waals surface area contributed by atoms with E-state index in [-0.39, 0.29) is 23.9 Å². The average molecular weight is 241 g/mol. The molecule has 0 atom stereocenters. The Morgan fingerprint density at radius 2 is 1.76 bits per heavy atom. The second-order valence-electron chi connectivity index (χ2n) is 5.84. The number of carbonyl (C=O) groups is 2. The summed E-state index contributed by atoms with van der Waals surface area (Å²) in [6.45, 7) is 5.69. The predicted molar refractivity (Wildman–Crippen MR) is 66.3 cm³/mol. The van der Waals surface area contributed by atoms with E-state index < -0.39 is 5.54 Å². The van der Waals surface area contributed by atoms with Gasteiger partial charge in [-0.2, -0.15) is 0 Å². The van der Waals surface area contributed by atoms with E-state index >= 15 is 0 Å². The van der Waals surface area contributed by atoms with Gasteiger partial charge in [0.25, 0.3) is 0 Å². The quantitative estimate of drug-likeness (QED) is 0.664. The summed E-state index contributed by atoms with van der Waals surface area (Å²) < 4.78 is 0. The summed E-state index contributed by atoms with van der Waals surface area (Å²) in [5.74, 6) is -0.397. The summed E-state index contributed by atoms with van der Waals surface area (Å²) in [4.78, 5) is 23.3. The monoisotopic (exact) mass is 241 g/mol. The normalized spacial score (nSPS) is 18.8. The molecule has 0 heterocycles. The van der Waals surface area contributed by atoms with Gasteiger partial charge in [0.05, 0.1) is 12.1 Å². The van der Waals surface area contributed by atoms with Crippen LogP contribution in [0.5, 0.6) is 0 Å². The Balaban J connectivity index is 2.36. The first-order chi connectivity index (χ1) is 7.73. The van der Waals surface area contributed by atoms with E-state index in [4.69, 9.17) is 5.73 Å². The van der Waals surface area contributed by atoms with E-state index in [0.29, 0.717) is 12.8 Å². The summed E-state index contributed by atoms with van der Waals surface area (Å²) in [6.07, 6.45) is 3.38. The summed E-state index contributed by atoms with van der Waals surface area (Å²) in [5, 5.41) is 5.39. The van der Waals surface area contributed by atoms with Gasteiger partial charge in [-0.3, -0.25) is 9.59 Å². The molecule has 0 aliphatic heterocycles. The molecule has 1 saturated carbocycles. The summed E-state index contributed by atoms with van der Waals surface area (Å²) in [5.41, 5.74) is 4.93. The highest BCUT2D eigenvalue weighted by Crippen LogP contribution is 2.26. The third-order valence-electron chi connectivity index (χ3n) is 2.87. The van der Waals surface area contributed by atoms with Crippen LogP contribution >= 0.6 is 0 Å². The molecule has 1 fully saturated rings. The van der Waals surface area contributed by atoms with Gasteiger partial charge in [0.2, 0.25) is 11.8 Å². The highest BCUT2D eigenvalue weighted by molar-refractivity contribution is 5.90. The zero-order chi connectivity index (χ0) is 13.1. The van der Waals surface area contributed by atoms with Crippen LogP contribution in [0.3, 0.4) is 0 Å². The van der Waals surface area contributed by atoms with Crippen molar-refractivity contribution in [2.24, 2.45) is 5.73 Å². The molecule has 0 radical (unpaired) electrons. The average Bonchev–Trinajstić information content (AvgIpc) is 2.60. The number of rotatable bonds is 3. The highest BCUT2D eigenvalue weighted by atomic mass is 16.2. The van der Waals surface area contributed by atoms with Crippen LogP contribution in [0.4, 0.5) is 0 Å². The maximum Gasteiger partial charge on any atom is 0.240 e. The molecule has 1 aliphatic carbocycles. The standard InChI is InChI=1S/C12H23N3O2/c1-11(2,3)15-9(16)8-14-10(17)12(13)6-4-5-7-12/h4-8,13H2,1-3H3,(H,14,17)(H,15,16). The zero-order valence-electron chi connectivity index (χ0n) is 10.9. The Morgan fingerprint density at radius 3 is 2.24 bits per heavy atom. The lowest BCUT2D eigenvalue weighted by Crippen LogP contribution is -2.54. The Morgan fingerprint density at radius 1 is 1.24 bits per heavy atom. The fraction of sp³-hybridized carbons (Fsp3) is 0.833. The minimum absolute atomic E-state index is 0.00491. The molecule has 0 saturated heterocycles. The van der Waals surface area contributed by atoms with E-state index in [2.05, 4.69) is 10.6 Å². The maximum absolute atomic E-state index is 11.8. The second kappa shape index (κ2) is 5.04. The van der Waals surface area contributed by atoms with Crippen LogP contribution in [-0.4, -0.2) is 29.4 Å². The lowest BCUT2D eigenvalue weighted by Gasteiger charge is -2.24. The van der Waals surface area contributed by atoms with Crippen molar-refractivity contribution >= 4 is 11.8 Å². The molecule has 0 unspecified atom stereocenters. The Labute approximate surface area is 103 Å². The van der Waals surface area contributed by atoms with E-state index in [1.165, 1.54) is 0 Å². The minimum Gasteiger partial charge on any atom is -0.350 e. The van der Waals surface area contributed by atoms with E-state index in [1.807, 2.05) is 20.8 Å². The number of nitrogens with one attached hydrogen (secondary N) is 2. The molecule has 0 aromatic rings. The Kier molecular flexibility index (Phi) is 4.14. The van der Waals surface area contributed by atoms with E-state index in [1.54, 1.807) is 0 Å². The first-order valence-electron chi connectivity index (χ1n) is 6.11. The van der Waals surface area contributed by atoms with E-state index in [0.717, 1.165) is 12.8 Å². The third kappa shape index (κ3) is 4.34. The number of hydrogen-bond acceptors (Lipinski definition) is 3. The zero-order valence-corrected chi connectivity index (χ0v) is 10.9. The van der Waals surface area contributed by atoms with Crippen LogP contribution in [0.1, 0.15) is 46.5 Å². The Bertz CT molecular complexity index is 301. The third-order valence-corrected chi connectivity index (χ3v) is 2.87. The first kappa shape index (κ1) is 14.0. The summed E-state index contributed by atoms with van der Waals surface area (Å²) in [7, 11) is 0. The molecular weight excluding hydrogens is 218 g/mol. The molecule has 4 N–H and O–H groups in total. The molecule has 1 aliphatic rings. The van der Waals surface area contributed by atoms with Gasteiger partial charge >= 0.3 is 0 Å². The molecule has 17 heavy (non-hydrogen) atoms. The minimum atomic E-state index is -0.762. The molecule has 5 nitrogen and oxygen atoms in total. The van der Waals surface area contributed by atoms with Crippen LogP contribution in [0.2, 0.25) is 0 Å². The molecule has 2 amide bonds. The SMILES string of the molecule is CC(C)(C)NC(=O)CNC(=O)C1(N)CCCC1. The van der Waals surface area contributed by atoms with Gasteiger partial charge in [0.1, 0.15) is 0 Å². The van der Waals surface area contributed by atoms with Crippen molar-refractivity contribution in [2.45, 2.75) is 57.5 Å². The van der Waals surface area contributed by atoms with Gasteiger partial charge < -0.3 is 16.4 Å². The summed E-state index contributed by atoms with van der Waals surface area (Å²) in [6, 6.07) is 0. The molecule has 0 aromatic heterocycles. The maximum atomic E-state index is 11.8. The van der Waals surface area contributed by atoms with Crippen LogP contribution in [0, 0.1) is 0 Å². The van der Waals surface area contributed by atoms with Gasteiger partial charge in [-0.25, -0.2) is 0 Å². The van der Waals surface area contributed by atoms with Crippen molar-refractivity contribution in [3.63, 3.8) is 0 Å². The molecule has 1 rings (SSSR count). The van der Waals surface area contributed by atoms with Crippen molar-refractivity contribution < 1.29 is 9.59 Å². The van der Waals surface area contributed by atoms with Crippen LogP contribution in [0.25, 0.3) is 0 Å². The second-order valence-corrected chi connectivity index (χ2v) is 5.84. The largest absolute Gasteiger partial charge is 0.350 e. The fourth-order valence-corrected chi connectivity index (χ4v) is 2.03. The number of hydrogen-bond donors (Lipinski definition) is 3. The van der Waals surface area contributed by atoms with Crippen molar-refractivity contribution in [3.8, 4) is 0 Å². The van der Waals surface area contributed by atoms with Crippen molar-refractivity contribution in [2.75, 3.05) is 6.54 Å². The smallest absolute Gasteiger partial charge is 0.240 e. The lowest BCUT2D eigenvalue weighted by atomic mass is 9.98. The van der Waals surface area contributed by atoms with Crippen LogP contribution < -0.4 is 16.4 Å². The molecule has 0 bridgehead atoms. The molecule has 0 aromatic carbocycles. The fourth-order valence-electron chi connectivity index (χ4n) is 2.03. The van der Waals surface area contributed by atoms with Crippen LogP contribution in [0.15, 0.2) is 0 Å². The molecule has 5 heteroatoms. The molecule has 0 spiro atoms. The van der Waals surface area contributed by atoms with Gasteiger partial charge in [-0.1, -0.05) is 12.8 Å². The van der Waals surface area contributed by atoms with Gasteiger partial charge in [0, 0.05) is 5.54 Å². The van der Waals surface area contributed by atoms with Gasteiger partial charge in [-0.15, -0.1) is 0 Å². The Hall–Kier alpha value is -1.10. The lowest BCUT2D eigenvalue weighted by molar-refractivity contribution is -0.129. The van der Waals surface area contributed by atoms with Crippen molar-refractivity contribution in [1.29, 1.82) is 0 Å². The van der Waals surface area contributed by atoms with Crippen molar-refractivity contribution in [1.82, 2.24) is 10.6 Å². The predicted octanol–water partition coefficient (Wildman–Crippen LogP) is 0.289. The molecule has 98 valence electrons. The molecular formula is C12H23N3O2. The first-order valence-corrected chi connectivity index (χ1v) is 6.11.